The van der Waals surface area contributed by atoms with E-state index in [-0.39, 0.29) is 0 Å². The average molecular weight is 253 g/mol. The second-order valence-electron chi connectivity index (χ2n) is 6.21. The van der Waals surface area contributed by atoms with E-state index in [2.05, 4.69) is 19.2 Å². The van der Waals surface area contributed by atoms with Crippen molar-refractivity contribution in [3.05, 3.63) is 0 Å². The van der Waals surface area contributed by atoms with E-state index in [9.17, 15) is 0 Å². The highest BCUT2D eigenvalue weighted by atomic mass is 14.9. The Morgan fingerprint density at radius 2 is 1.50 bits per heavy atom. The molecule has 1 aliphatic carbocycles. The van der Waals surface area contributed by atoms with Crippen LogP contribution in [0.4, 0.5) is 0 Å². The van der Waals surface area contributed by atoms with Crippen molar-refractivity contribution in [2.24, 2.45) is 5.92 Å². The van der Waals surface area contributed by atoms with E-state index < -0.39 is 0 Å². The van der Waals surface area contributed by atoms with Gasteiger partial charge in [-0.2, -0.15) is 0 Å². The van der Waals surface area contributed by atoms with Crippen LogP contribution in [0.3, 0.4) is 0 Å². The summed E-state index contributed by atoms with van der Waals surface area (Å²) in [6.07, 6.45) is 17.2. The molecule has 0 amide bonds. The number of hydrogen-bond donors (Lipinski definition) is 1. The lowest BCUT2D eigenvalue weighted by Gasteiger charge is -2.12. The van der Waals surface area contributed by atoms with Gasteiger partial charge in [-0.1, -0.05) is 65.2 Å². The van der Waals surface area contributed by atoms with Gasteiger partial charge in [-0.3, -0.25) is 0 Å². The van der Waals surface area contributed by atoms with Crippen molar-refractivity contribution in [2.45, 2.75) is 96.9 Å². The minimum atomic E-state index is 0.847. The average Bonchev–Trinajstić information content (AvgIpc) is 2.85. The minimum absolute atomic E-state index is 0.847. The summed E-state index contributed by atoms with van der Waals surface area (Å²) in [5.41, 5.74) is 0. The molecule has 0 aromatic rings. The maximum Gasteiger partial charge on any atom is 0.00698 e. The second-order valence-corrected chi connectivity index (χ2v) is 6.21. The van der Waals surface area contributed by atoms with Crippen molar-refractivity contribution in [2.75, 3.05) is 6.54 Å². The van der Waals surface area contributed by atoms with Gasteiger partial charge in [-0.05, 0) is 38.1 Å². The number of rotatable bonds is 11. The summed E-state index contributed by atoms with van der Waals surface area (Å²) in [5, 5.41) is 3.76. The molecule has 1 saturated carbocycles. The number of hydrogen-bond acceptors (Lipinski definition) is 1. The van der Waals surface area contributed by atoms with Crippen LogP contribution < -0.4 is 5.32 Å². The highest BCUT2D eigenvalue weighted by Crippen LogP contribution is 2.27. The van der Waals surface area contributed by atoms with Crippen LogP contribution in [0.2, 0.25) is 0 Å². The van der Waals surface area contributed by atoms with Gasteiger partial charge in [-0.25, -0.2) is 0 Å². The monoisotopic (exact) mass is 253 g/mol. The van der Waals surface area contributed by atoms with Gasteiger partial charge in [-0.15, -0.1) is 0 Å². The third-order valence-corrected chi connectivity index (χ3v) is 4.58. The van der Waals surface area contributed by atoms with Crippen LogP contribution in [0.5, 0.6) is 0 Å². The largest absolute Gasteiger partial charge is 0.314 e. The zero-order chi connectivity index (χ0) is 13.1. The van der Waals surface area contributed by atoms with Gasteiger partial charge < -0.3 is 5.32 Å². The van der Waals surface area contributed by atoms with Crippen LogP contribution in [0.25, 0.3) is 0 Å². The molecule has 0 aliphatic heterocycles. The first kappa shape index (κ1) is 16.0. The molecule has 2 unspecified atom stereocenters. The fourth-order valence-electron chi connectivity index (χ4n) is 3.20. The van der Waals surface area contributed by atoms with Gasteiger partial charge in [0.1, 0.15) is 0 Å². The Hall–Kier alpha value is -0.0400. The maximum absolute atomic E-state index is 3.76. The van der Waals surface area contributed by atoms with E-state index in [1.54, 1.807) is 0 Å². The third-order valence-electron chi connectivity index (χ3n) is 4.58. The van der Waals surface area contributed by atoms with E-state index in [1.807, 2.05) is 0 Å². The molecule has 1 heteroatoms. The summed E-state index contributed by atoms with van der Waals surface area (Å²) in [4.78, 5) is 0. The van der Waals surface area contributed by atoms with Crippen LogP contribution >= 0.6 is 0 Å². The van der Waals surface area contributed by atoms with Crippen molar-refractivity contribution in [3.63, 3.8) is 0 Å². The quantitative estimate of drug-likeness (QED) is 0.493. The molecule has 18 heavy (non-hydrogen) atoms. The molecule has 1 aliphatic rings. The highest BCUT2D eigenvalue weighted by Gasteiger charge is 2.22. The van der Waals surface area contributed by atoms with Crippen molar-refractivity contribution < 1.29 is 0 Å². The van der Waals surface area contributed by atoms with Crippen LogP contribution in [0.15, 0.2) is 0 Å². The summed E-state index contributed by atoms with van der Waals surface area (Å²) in [6, 6.07) is 0.847. The Bertz CT molecular complexity index is 178. The molecule has 2 atom stereocenters. The second kappa shape index (κ2) is 10.8. The molecule has 0 spiro atoms. The molecule has 1 nitrogen and oxygen atoms in total. The molecule has 1 rings (SSSR count). The number of nitrogens with one attached hydrogen (secondary N) is 1. The van der Waals surface area contributed by atoms with Gasteiger partial charge in [0.15, 0.2) is 0 Å². The fraction of sp³-hybridized carbons (Fsp3) is 1.00. The molecule has 0 radical (unpaired) electrons. The Kier molecular flexibility index (Phi) is 9.65. The van der Waals surface area contributed by atoms with Crippen molar-refractivity contribution >= 4 is 0 Å². The van der Waals surface area contributed by atoms with Gasteiger partial charge in [0.25, 0.3) is 0 Å². The number of unbranched alkanes of at least 4 members (excludes halogenated alkanes) is 7. The van der Waals surface area contributed by atoms with Gasteiger partial charge in [0.2, 0.25) is 0 Å². The van der Waals surface area contributed by atoms with Gasteiger partial charge in [0.05, 0.1) is 0 Å². The summed E-state index contributed by atoms with van der Waals surface area (Å²) < 4.78 is 0. The highest BCUT2D eigenvalue weighted by molar-refractivity contribution is 4.79. The normalized spacial score (nSPS) is 23.7. The smallest absolute Gasteiger partial charge is 0.00698 e. The Morgan fingerprint density at radius 3 is 2.11 bits per heavy atom. The van der Waals surface area contributed by atoms with E-state index >= 15 is 0 Å². The fourth-order valence-corrected chi connectivity index (χ4v) is 3.20. The zero-order valence-corrected chi connectivity index (χ0v) is 12.8. The van der Waals surface area contributed by atoms with Crippen LogP contribution in [0, 0.1) is 5.92 Å². The Balaban J connectivity index is 1.79. The third kappa shape index (κ3) is 7.41. The summed E-state index contributed by atoms with van der Waals surface area (Å²) in [6.45, 7) is 5.89. The van der Waals surface area contributed by atoms with Crippen molar-refractivity contribution in [1.82, 2.24) is 5.32 Å². The molecular formula is C17H35N. The van der Waals surface area contributed by atoms with E-state index in [0.717, 1.165) is 12.0 Å². The van der Waals surface area contributed by atoms with E-state index in [4.69, 9.17) is 0 Å². The topological polar surface area (TPSA) is 12.0 Å². The van der Waals surface area contributed by atoms with Gasteiger partial charge >= 0.3 is 0 Å². The van der Waals surface area contributed by atoms with E-state index in [1.165, 1.54) is 83.6 Å². The molecule has 0 saturated heterocycles. The first-order chi connectivity index (χ1) is 8.86. The minimum Gasteiger partial charge on any atom is -0.314 e. The molecule has 0 bridgehead atoms. The molecule has 0 aromatic carbocycles. The standard InChI is InChI=1S/C17H35N/c1-3-5-6-7-8-9-10-11-14-18-17-13-12-16(4-2)15-17/h16-18H,3-15H2,1-2H3. The SMILES string of the molecule is CCCCCCCCCCNC1CCC(CC)C1. The lowest BCUT2D eigenvalue weighted by molar-refractivity contribution is 0.465. The summed E-state index contributed by atoms with van der Waals surface area (Å²) in [7, 11) is 0. The van der Waals surface area contributed by atoms with Gasteiger partial charge in [0, 0.05) is 6.04 Å². The first-order valence-electron chi connectivity index (χ1n) is 8.60. The Labute approximate surface area is 115 Å². The molecule has 0 aromatic heterocycles. The lowest BCUT2D eigenvalue weighted by atomic mass is 10.1. The van der Waals surface area contributed by atoms with Crippen LogP contribution in [-0.4, -0.2) is 12.6 Å². The molecule has 0 heterocycles. The van der Waals surface area contributed by atoms with Crippen LogP contribution in [0.1, 0.15) is 90.9 Å². The van der Waals surface area contributed by atoms with E-state index in [0.29, 0.717) is 0 Å². The predicted molar refractivity (Wildman–Crippen MR) is 82.0 cm³/mol. The Morgan fingerprint density at radius 1 is 0.833 bits per heavy atom. The van der Waals surface area contributed by atoms with Crippen LogP contribution in [-0.2, 0) is 0 Å². The first-order valence-corrected chi connectivity index (χ1v) is 8.60. The zero-order valence-electron chi connectivity index (χ0n) is 12.8. The lowest BCUT2D eigenvalue weighted by Crippen LogP contribution is -2.27. The maximum atomic E-state index is 3.76. The summed E-state index contributed by atoms with van der Waals surface area (Å²) in [5.74, 6) is 1.01. The van der Waals surface area contributed by atoms with Crippen molar-refractivity contribution in [1.29, 1.82) is 0 Å². The van der Waals surface area contributed by atoms with Crippen molar-refractivity contribution in [3.8, 4) is 0 Å². The molecule has 108 valence electrons. The molecule has 1 N–H and O–H groups in total. The molecule has 1 fully saturated rings. The molecular weight excluding hydrogens is 218 g/mol. The predicted octanol–water partition coefficient (Wildman–Crippen LogP) is 5.30. The summed E-state index contributed by atoms with van der Waals surface area (Å²) >= 11 is 0.